The number of aliphatic carboxylic acids is 1. The Bertz CT molecular complexity index is 911. The van der Waals surface area contributed by atoms with E-state index >= 15 is 0 Å². The molecule has 2 N–H and O–H groups in total. The molecule has 1 unspecified atom stereocenters. The third-order valence-corrected chi connectivity index (χ3v) is 5.11. The van der Waals surface area contributed by atoms with E-state index in [0.717, 1.165) is 12.8 Å². The Balaban J connectivity index is 1.55. The molecule has 2 heterocycles. The van der Waals surface area contributed by atoms with Gasteiger partial charge in [0.1, 0.15) is 5.82 Å². The normalized spacial score (nSPS) is 22.1. The van der Waals surface area contributed by atoms with Crippen LogP contribution < -0.4 is 5.32 Å². The van der Waals surface area contributed by atoms with E-state index in [1.54, 1.807) is 6.92 Å². The highest BCUT2D eigenvalue weighted by Crippen LogP contribution is 2.39. The molecule has 27 heavy (non-hydrogen) atoms. The number of carbonyl (C=O) groups excluding carboxylic acids is 1. The fourth-order valence-electron chi connectivity index (χ4n) is 3.16. The van der Waals surface area contributed by atoms with E-state index in [0.29, 0.717) is 30.0 Å². The number of amides is 2. The summed E-state index contributed by atoms with van der Waals surface area (Å²) in [4.78, 5) is 29.7. The first-order chi connectivity index (χ1) is 12.9. The van der Waals surface area contributed by atoms with Crippen molar-refractivity contribution in [1.82, 2.24) is 15.0 Å². The molecule has 1 saturated carbocycles. The zero-order valence-corrected chi connectivity index (χ0v) is 14.7. The highest BCUT2D eigenvalue weighted by atomic mass is 19.1. The molecule has 4 rings (SSSR count). The molecule has 1 saturated heterocycles. The minimum absolute atomic E-state index is 0.108. The summed E-state index contributed by atoms with van der Waals surface area (Å²) < 4.78 is 19.0. The number of hydrogen-bond acceptors (Lipinski definition) is 5. The number of halogens is 1. The predicted octanol–water partition coefficient (Wildman–Crippen LogP) is 3.08. The van der Waals surface area contributed by atoms with Crippen LogP contribution in [0.2, 0.25) is 0 Å². The number of carboxylic acids is 1. The van der Waals surface area contributed by atoms with Crippen molar-refractivity contribution < 1.29 is 23.6 Å². The lowest BCUT2D eigenvalue weighted by atomic mass is 9.90. The lowest BCUT2D eigenvalue weighted by molar-refractivity contribution is -0.146. The van der Waals surface area contributed by atoms with Crippen LogP contribution in [-0.4, -0.2) is 45.2 Å². The van der Waals surface area contributed by atoms with Crippen LogP contribution in [0.1, 0.15) is 37.9 Å². The summed E-state index contributed by atoms with van der Waals surface area (Å²) in [6, 6.07) is 3.43. The second kappa shape index (κ2) is 6.33. The summed E-state index contributed by atoms with van der Waals surface area (Å²) in [7, 11) is 0. The molecule has 2 aliphatic rings. The zero-order chi connectivity index (χ0) is 19.2. The Morgan fingerprint density at radius 1 is 1.41 bits per heavy atom. The van der Waals surface area contributed by atoms with Crippen LogP contribution in [0.25, 0.3) is 11.5 Å². The quantitative estimate of drug-likeness (QED) is 0.851. The number of carbonyl (C=O) groups is 2. The number of urea groups is 1. The smallest absolute Gasteiger partial charge is 0.321 e. The van der Waals surface area contributed by atoms with Gasteiger partial charge < -0.3 is 19.8 Å². The van der Waals surface area contributed by atoms with Crippen molar-refractivity contribution in [3.8, 4) is 11.5 Å². The minimum atomic E-state index is -0.964. The van der Waals surface area contributed by atoms with Gasteiger partial charge in [0.05, 0.1) is 16.7 Å². The summed E-state index contributed by atoms with van der Waals surface area (Å²) >= 11 is 0. The van der Waals surface area contributed by atoms with Gasteiger partial charge in [0.2, 0.25) is 0 Å². The Labute approximate surface area is 154 Å². The Kier molecular flexibility index (Phi) is 4.09. The molecule has 8 nitrogen and oxygen atoms in total. The average molecular weight is 374 g/mol. The summed E-state index contributed by atoms with van der Waals surface area (Å²) in [5.41, 5.74) is -0.339. The molecule has 0 radical (unpaired) electrons. The first-order valence-corrected chi connectivity index (χ1v) is 8.78. The minimum Gasteiger partial charge on any atom is -0.481 e. The highest BCUT2D eigenvalue weighted by molar-refractivity contribution is 5.94. The van der Waals surface area contributed by atoms with E-state index in [1.165, 1.54) is 23.1 Å². The second-order valence-corrected chi connectivity index (χ2v) is 7.39. The number of hydrogen-bond donors (Lipinski definition) is 2. The van der Waals surface area contributed by atoms with Crippen LogP contribution in [0.5, 0.6) is 0 Å². The number of nitrogens with one attached hydrogen (secondary N) is 1. The van der Waals surface area contributed by atoms with Gasteiger partial charge in [0, 0.05) is 19.0 Å². The van der Waals surface area contributed by atoms with Crippen molar-refractivity contribution in [3.05, 3.63) is 29.8 Å². The monoisotopic (exact) mass is 374 g/mol. The first-order valence-electron chi connectivity index (χ1n) is 8.78. The number of rotatable bonds is 4. The van der Waals surface area contributed by atoms with Crippen LogP contribution in [0, 0.1) is 11.2 Å². The molecule has 2 amide bonds. The van der Waals surface area contributed by atoms with Gasteiger partial charge in [0.25, 0.3) is 5.89 Å². The third-order valence-electron chi connectivity index (χ3n) is 5.11. The SMILES string of the molecule is CC1(C(=O)O)CCN(C(=O)Nc2ccc(F)cc2-c2nc(C3CC3)no2)C1. The molecule has 1 aliphatic heterocycles. The fourth-order valence-corrected chi connectivity index (χ4v) is 3.16. The maximum absolute atomic E-state index is 13.8. The van der Waals surface area contributed by atoms with Gasteiger partial charge >= 0.3 is 12.0 Å². The van der Waals surface area contributed by atoms with Gasteiger partial charge in [-0.3, -0.25) is 4.79 Å². The second-order valence-electron chi connectivity index (χ2n) is 7.39. The number of benzene rings is 1. The largest absolute Gasteiger partial charge is 0.481 e. The Hall–Kier alpha value is -2.97. The molecule has 1 aliphatic carbocycles. The number of carboxylic acid groups (broad SMARTS) is 1. The molecule has 1 aromatic carbocycles. The maximum Gasteiger partial charge on any atom is 0.321 e. The molecule has 1 aromatic heterocycles. The number of anilines is 1. The molecule has 1 atom stereocenters. The van der Waals surface area contributed by atoms with Gasteiger partial charge in [0.15, 0.2) is 5.82 Å². The summed E-state index contributed by atoms with van der Waals surface area (Å²) in [6.45, 7) is 2.05. The van der Waals surface area contributed by atoms with Crippen LogP contribution in [0.15, 0.2) is 22.7 Å². The topological polar surface area (TPSA) is 109 Å². The molecule has 9 heteroatoms. The first kappa shape index (κ1) is 17.4. The van der Waals surface area contributed by atoms with E-state index in [2.05, 4.69) is 15.5 Å². The molecule has 2 aromatic rings. The van der Waals surface area contributed by atoms with Crippen LogP contribution >= 0.6 is 0 Å². The van der Waals surface area contributed by atoms with Gasteiger partial charge in [-0.25, -0.2) is 9.18 Å². The standard InChI is InChI=1S/C18H19FN4O4/c1-18(16(24)25)6-7-23(9-18)17(26)20-13-5-4-11(19)8-12(13)15-21-14(22-27-15)10-2-3-10/h4-5,8,10H,2-3,6-7,9H2,1H3,(H,20,26)(H,24,25). The van der Waals surface area contributed by atoms with Gasteiger partial charge in [-0.15, -0.1) is 0 Å². The highest BCUT2D eigenvalue weighted by Gasteiger charge is 2.42. The average Bonchev–Trinajstić information content (AvgIpc) is 3.21. The lowest BCUT2D eigenvalue weighted by Gasteiger charge is -2.21. The van der Waals surface area contributed by atoms with Crippen molar-refractivity contribution in [2.24, 2.45) is 5.41 Å². The maximum atomic E-state index is 13.8. The van der Waals surface area contributed by atoms with Crippen LogP contribution in [0.4, 0.5) is 14.9 Å². The third kappa shape index (κ3) is 3.36. The molecule has 2 fully saturated rings. The number of nitrogens with zero attached hydrogens (tertiary/aromatic N) is 3. The van der Waals surface area contributed by atoms with Crippen molar-refractivity contribution in [2.75, 3.05) is 18.4 Å². The predicted molar refractivity (Wildman–Crippen MR) is 92.6 cm³/mol. The summed E-state index contributed by atoms with van der Waals surface area (Å²) in [6.07, 6.45) is 2.38. The molecular formula is C18H19FN4O4. The van der Waals surface area contributed by atoms with E-state index in [4.69, 9.17) is 4.52 Å². The van der Waals surface area contributed by atoms with Crippen LogP contribution in [-0.2, 0) is 4.79 Å². The van der Waals surface area contributed by atoms with E-state index in [9.17, 15) is 19.1 Å². The zero-order valence-electron chi connectivity index (χ0n) is 14.7. The fraction of sp³-hybridized carbons (Fsp3) is 0.444. The lowest BCUT2D eigenvalue weighted by Crippen LogP contribution is -2.37. The Morgan fingerprint density at radius 3 is 2.85 bits per heavy atom. The number of aromatic nitrogens is 2. The van der Waals surface area contributed by atoms with E-state index < -0.39 is 23.2 Å². The summed E-state index contributed by atoms with van der Waals surface area (Å²) in [5, 5.41) is 15.9. The molecule has 142 valence electrons. The van der Waals surface area contributed by atoms with E-state index in [1.807, 2.05) is 0 Å². The summed E-state index contributed by atoms with van der Waals surface area (Å²) in [5.74, 6) is -0.410. The van der Waals surface area contributed by atoms with Crippen molar-refractivity contribution in [3.63, 3.8) is 0 Å². The molecule has 0 bridgehead atoms. The number of likely N-dealkylation sites (tertiary alicyclic amines) is 1. The van der Waals surface area contributed by atoms with Crippen molar-refractivity contribution in [1.29, 1.82) is 0 Å². The van der Waals surface area contributed by atoms with Crippen LogP contribution in [0.3, 0.4) is 0 Å². The Morgan fingerprint density at radius 2 is 2.19 bits per heavy atom. The molecular weight excluding hydrogens is 355 g/mol. The molecule has 0 spiro atoms. The van der Waals surface area contributed by atoms with Gasteiger partial charge in [-0.1, -0.05) is 5.16 Å². The van der Waals surface area contributed by atoms with E-state index in [-0.39, 0.29) is 18.4 Å². The van der Waals surface area contributed by atoms with Crippen molar-refractivity contribution in [2.45, 2.75) is 32.1 Å². The van der Waals surface area contributed by atoms with Gasteiger partial charge in [-0.05, 0) is 44.4 Å². The van der Waals surface area contributed by atoms with Crippen molar-refractivity contribution >= 4 is 17.7 Å². The van der Waals surface area contributed by atoms with Gasteiger partial charge in [-0.2, -0.15) is 4.98 Å².